The van der Waals surface area contributed by atoms with Gasteiger partial charge in [0.15, 0.2) is 0 Å². The summed E-state index contributed by atoms with van der Waals surface area (Å²) in [4.78, 5) is 24.1. The van der Waals surface area contributed by atoms with E-state index < -0.39 is 35.0 Å². The molecule has 2 aliphatic rings. The molecule has 2 aromatic carbocycles. The van der Waals surface area contributed by atoms with E-state index in [4.69, 9.17) is 11.6 Å². The summed E-state index contributed by atoms with van der Waals surface area (Å²) in [6, 6.07) is 5.86. The van der Waals surface area contributed by atoms with E-state index in [1.807, 2.05) is 12.1 Å². The molecule has 2 heterocycles. The van der Waals surface area contributed by atoms with Gasteiger partial charge in [-0.15, -0.1) is 0 Å². The third-order valence-corrected chi connectivity index (χ3v) is 5.97. The Kier molecular flexibility index (Phi) is 4.01. The first-order chi connectivity index (χ1) is 13.9. The van der Waals surface area contributed by atoms with Crippen LogP contribution in [0.1, 0.15) is 33.9 Å². The molecule has 5 nitrogen and oxygen atoms in total. The summed E-state index contributed by atoms with van der Waals surface area (Å²) in [6.45, 7) is 1.40. The molecule has 2 N–H and O–H groups in total. The first kappa shape index (κ1) is 18.3. The number of carboxylic acid groups (broad SMARTS) is 1. The Bertz CT molecular complexity index is 1270. The molecule has 0 radical (unpaired) electrons. The lowest BCUT2D eigenvalue weighted by atomic mass is 9.98. The highest BCUT2D eigenvalue weighted by Gasteiger charge is 2.40. The van der Waals surface area contributed by atoms with Crippen LogP contribution in [0.4, 0.5) is 8.78 Å². The van der Waals surface area contributed by atoms with E-state index >= 15 is 4.39 Å². The average molecular weight is 417 g/mol. The van der Waals surface area contributed by atoms with Gasteiger partial charge in [-0.05, 0) is 28.8 Å². The van der Waals surface area contributed by atoms with Gasteiger partial charge in [-0.2, -0.15) is 0 Å². The minimum Gasteiger partial charge on any atom is -0.477 e. The van der Waals surface area contributed by atoms with Gasteiger partial charge >= 0.3 is 5.97 Å². The molecule has 0 amide bonds. The number of halogens is 3. The topological polar surface area (TPSA) is 71.3 Å². The molecule has 3 aromatic rings. The van der Waals surface area contributed by atoms with Crippen LogP contribution in [0.15, 0.2) is 35.3 Å². The van der Waals surface area contributed by atoms with Crippen LogP contribution in [0.2, 0.25) is 5.02 Å². The summed E-state index contributed by atoms with van der Waals surface area (Å²) < 4.78 is 30.3. The Morgan fingerprint density at radius 3 is 2.66 bits per heavy atom. The van der Waals surface area contributed by atoms with Crippen molar-refractivity contribution in [1.29, 1.82) is 0 Å². The maximum absolute atomic E-state index is 15.1. The minimum atomic E-state index is -1.45. The van der Waals surface area contributed by atoms with E-state index in [1.54, 1.807) is 6.07 Å². The number of nitrogens with one attached hydrogen (secondary N) is 1. The van der Waals surface area contributed by atoms with Crippen molar-refractivity contribution < 1.29 is 18.7 Å². The highest BCUT2D eigenvalue weighted by Crippen LogP contribution is 2.44. The zero-order chi connectivity index (χ0) is 20.4. The molecular formula is C21H15ClF2N2O3. The second kappa shape index (κ2) is 6.37. The zero-order valence-corrected chi connectivity index (χ0v) is 15.8. The van der Waals surface area contributed by atoms with Gasteiger partial charge in [0.05, 0.1) is 22.0 Å². The first-order valence-electron chi connectivity index (χ1n) is 9.14. The lowest BCUT2D eigenvalue weighted by Gasteiger charge is -2.16. The lowest BCUT2D eigenvalue weighted by molar-refractivity contribution is 0.0694. The Morgan fingerprint density at radius 2 is 1.97 bits per heavy atom. The van der Waals surface area contributed by atoms with Crippen LogP contribution in [0.5, 0.6) is 0 Å². The number of benzene rings is 2. The normalized spacial score (nSPS) is 20.1. The van der Waals surface area contributed by atoms with Gasteiger partial charge in [0, 0.05) is 31.3 Å². The average Bonchev–Trinajstić information content (AvgIpc) is 3.21. The number of fused-ring (bicyclic) bond motifs is 2. The first-order valence-corrected chi connectivity index (χ1v) is 9.51. The molecule has 2 atom stereocenters. The molecule has 0 bridgehead atoms. The van der Waals surface area contributed by atoms with Gasteiger partial charge < -0.3 is 15.0 Å². The van der Waals surface area contributed by atoms with Gasteiger partial charge in [-0.1, -0.05) is 23.7 Å². The van der Waals surface area contributed by atoms with Crippen molar-refractivity contribution in [2.75, 3.05) is 0 Å². The molecule has 0 unspecified atom stereocenters. The lowest BCUT2D eigenvalue weighted by Crippen LogP contribution is -2.19. The quantitative estimate of drug-likeness (QED) is 0.676. The highest BCUT2D eigenvalue weighted by molar-refractivity contribution is 6.38. The molecule has 1 aromatic heterocycles. The van der Waals surface area contributed by atoms with Crippen LogP contribution < -0.4 is 10.7 Å². The Hall–Kier alpha value is -2.77. The number of pyridine rings is 1. The molecule has 1 aliphatic carbocycles. The number of alkyl halides is 1. The molecule has 148 valence electrons. The molecular weight excluding hydrogens is 402 g/mol. The highest BCUT2D eigenvalue weighted by atomic mass is 35.5. The largest absolute Gasteiger partial charge is 0.477 e. The van der Waals surface area contributed by atoms with Crippen LogP contribution in [-0.2, 0) is 13.1 Å². The smallest absolute Gasteiger partial charge is 0.341 e. The summed E-state index contributed by atoms with van der Waals surface area (Å²) in [7, 11) is 0. The molecule has 0 spiro atoms. The van der Waals surface area contributed by atoms with Crippen molar-refractivity contribution >= 4 is 28.5 Å². The van der Waals surface area contributed by atoms with Crippen molar-refractivity contribution in [2.45, 2.75) is 31.7 Å². The minimum absolute atomic E-state index is 0.0287. The van der Waals surface area contributed by atoms with Crippen molar-refractivity contribution in [3.05, 3.63) is 68.2 Å². The predicted octanol–water partition coefficient (Wildman–Crippen LogP) is 4.05. The van der Waals surface area contributed by atoms with Gasteiger partial charge in [-0.3, -0.25) is 4.79 Å². The molecule has 5 rings (SSSR count). The Labute approximate surface area is 168 Å². The molecule has 8 heteroatoms. The third kappa shape index (κ3) is 2.76. The molecule has 1 saturated carbocycles. The van der Waals surface area contributed by atoms with E-state index in [9.17, 15) is 19.1 Å². The van der Waals surface area contributed by atoms with Gasteiger partial charge in [-0.25, -0.2) is 13.6 Å². The second-order valence-corrected chi connectivity index (χ2v) is 7.81. The number of hydrogen-bond acceptors (Lipinski definition) is 3. The van der Waals surface area contributed by atoms with E-state index in [-0.39, 0.29) is 27.9 Å². The van der Waals surface area contributed by atoms with Gasteiger partial charge in [0.25, 0.3) is 0 Å². The van der Waals surface area contributed by atoms with Crippen LogP contribution in [0, 0.1) is 5.82 Å². The van der Waals surface area contributed by atoms with E-state index in [0.717, 1.165) is 29.9 Å². The van der Waals surface area contributed by atoms with Crippen LogP contribution in [-0.4, -0.2) is 21.8 Å². The van der Waals surface area contributed by atoms with Crippen molar-refractivity contribution in [1.82, 2.24) is 9.88 Å². The number of aromatic carboxylic acids is 1. The maximum Gasteiger partial charge on any atom is 0.341 e. The van der Waals surface area contributed by atoms with Crippen LogP contribution in [0.3, 0.4) is 0 Å². The summed E-state index contributed by atoms with van der Waals surface area (Å²) in [5.74, 6) is -2.18. The van der Waals surface area contributed by atoms with Gasteiger partial charge in [0.1, 0.15) is 17.6 Å². The maximum atomic E-state index is 15.1. The fourth-order valence-electron chi connectivity index (χ4n) is 4.01. The number of nitrogens with zero attached hydrogens (tertiary/aromatic N) is 1. The molecule has 1 fully saturated rings. The predicted molar refractivity (Wildman–Crippen MR) is 105 cm³/mol. The number of rotatable bonds is 3. The Morgan fingerprint density at radius 1 is 1.24 bits per heavy atom. The van der Waals surface area contributed by atoms with E-state index in [1.165, 1.54) is 4.57 Å². The van der Waals surface area contributed by atoms with Crippen LogP contribution in [0.25, 0.3) is 22.0 Å². The standard InChI is InChI=1S/C21H15ClF2N2O3/c22-18-17(9-1-2-10-6-25-7-11(10)3-9)15(24)4-12-19(18)26(16-5-14(16)23)8-13(20(12)27)21(28)29/h1-4,8,14,16,25H,5-7H2,(H,28,29)/t14-,16+/m0/s1. The molecule has 1 aliphatic heterocycles. The molecule has 0 saturated heterocycles. The second-order valence-electron chi connectivity index (χ2n) is 7.43. The number of carbonyl (C=O) groups is 1. The summed E-state index contributed by atoms with van der Waals surface area (Å²) in [6.07, 6.45) is 0.125. The van der Waals surface area contributed by atoms with Crippen LogP contribution >= 0.6 is 11.6 Å². The van der Waals surface area contributed by atoms with Gasteiger partial charge in [0.2, 0.25) is 5.43 Å². The number of hydrogen-bond donors (Lipinski definition) is 2. The number of aromatic nitrogens is 1. The Balaban J connectivity index is 1.83. The summed E-state index contributed by atoms with van der Waals surface area (Å²) >= 11 is 6.58. The summed E-state index contributed by atoms with van der Waals surface area (Å²) in [5, 5.41) is 12.4. The fraction of sp³-hybridized carbons (Fsp3) is 0.238. The van der Waals surface area contributed by atoms with Crippen molar-refractivity contribution in [3.8, 4) is 11.1 Å². The van der Waals surface area contributed by atoms with Crippen molar-refractivity contribution in [2.24, 2.45) is 0 Å². The molecule has 29 heavy (non-hydrogen) atoms. The van der Waals surface area contributed by atoms with Crippen molar-refractivity contribution in [3.63, 3.8) is 0 Å². The fourth-order valence-corrected chi connectivity index (χ4v) is 4.41. The monoisotopic (exact) mass is 416 g/mol. The SMILES string of the molecule is O=C(O)c1cn([C@@H]2C[C@@H]2F)c2c(Cl)c(-c3ccc4c(c3)CNC4)c(F)cc2c1=O. The van der Waals surface area contributed by atoms with E-state index in [2.05, 4.69) is 5.32 Å². The van der Waals surface area contributed by atoms with E-state index in [0.29, 0.717) is 12.1 Å². The number of carboxylic acids is 1. The third-order valence-electron chi connectivity index (χ3n) is 5.60. The zero-order valence-electron chi connectivity index (χ0n) is 15.0. The summed E-state index contributed by atoms with van der Waals surface area (Å²) in [5.41, 5.74) is 1.58.